The zero-order chi connectivity index (χ0) is 14.4. The monoisotopic (exact) mass is 275 g/mol. The first-order chi connectivity index (χ1) is 9.67. The molecule has 0 radical (unpaired) electrons. The van der Waals surface area contributed by atoms with Crippen molar-refractivity contribution in [3.05, 3.63) is 35.4 Å². The molecule has 1 aliphatic carbocycles. The lowest BCUT2D eigenvalue weighted by atomic mass is 9.89. The third kappa shape index (κ3) is 3.62. The van der Waals surface area contributed by atoms with Gasteiger partial charge in [0.05, 0.1) is 5.60 Å². The highest BCUT2D eigenvalue weighted by Crippen LogP contribution is 2.44. The fourth-order valence-corrected chi connectivity index (χ4v) is 3.44. The zero-order valence-corrected chi connectivity index (χ0v) is 12.8. The number of benzene rings is 1. The second-order valence-electron chi connectivity index (χ2n) is 6.30. The molecular formula is C18H29NO. The Kier molecular flexibility index (Phi) is 5.62. The third-order valence-corrected chi connectivity index (χ3v) is 4.61. The van der Waals surface area contributed by atoms with Crippen LogP contribution in [0.5, 0.6) is 0 Å². The number of fused-ring (bicyclic) bond motifs is 1. The van der Waals surface area contributed by atoms with E-state index in [0.29, 0.717) is 6.42 Å². The van der Waals surface area contributed by atoms with Crippen molar-refractivity contribution in [3.63, 3.8) is 0 Å². The van der Waals surface area contributed by atoms with Crippen molar-refractivity contribution in [3.8, 4) is 0 Å². The van der Waals surface area contributed by atoms with E-state index in [1.54, 1.807) is 0 Å². The van der Waals surface area contributed by atoms with Gasteiger partial charge < -0.3 is 10.8 Å². The van der Waals surface area contributed by atoms with Crippen LogP contribution in [-0.2, 0) is 5.60 Å². The highest BCUT2D eigenvalue weighted by molar-refractivity contribution is 5.39. The summed E-state index contributed by atoms with van der Waals surface area (Å²) in [4.78, 5) is 0. The molecule has 2 nitrogen and oxygen atoms in total. The van der Waals surface area contributed by atoms with Gasteiger partial charge in [-0.15, -0.1) is 0 Å². The summed E-state index contributed by atoms with van der Waals surface area (Å²) in [7, 11) is 0. The Labute approximate surface area is 123 Å². The van der Waals surface area contributed by atoms with Crippen molar-refractivity contribution in [2.75, 3.05) is 0 Å². The van der Waals surface area contributed by atoms with Crippen molar-refractivity contribution < 1.29 is 5.11 Å². The van der Waals surface area contributed by atoms with Crippen LogP contribution >= 0.6 is 0 Å². The molecular weight excluding hydrogens is 246 g/mol. The van der Waals surface area contributed by atoms with E-state index in [4.69, 9.17) is 5.73 Å². The van der Waals surface area contributed by atoms with Crippen molar-refractivity contribution in [2.45, 2.75) is 76.4 Å². The second kappa shape index (κ2) is 7.24. The predicted molar refractivity (Wildman–Crippen MR) is 84.5 cm³/mol. The van der Waals surface area contributed by atoms with Crippen molar-refractivity contribution in [1.29, 1.82) is 0 Å². The predicted octanol–water partition coefficient (Wildman–Crippen LogP) is 4.42. The first-order valence-corrected chi connectivity index (χ1v) is 8.25. The van der Waals surface area contributed by atoms with Gasteiger partial charge in [0.2, 0.25) is 0 Å². The van der Waals surface area contributed by atoms with Crippen LogP contribution in [0.15, 0.2) is 24.3 Å². The van der Waals surface area contributed by atoms with Gasteiger partial charge in [0.25, 0.3) is 0 Å². The van der Waals surface area contributed by atoms with Gasteiger partial charge in [-0.2, -0.15) is 0 Å². The maximum absolute atomic E-state index is 10.9. The lowest BCUT2D eigenvalue weighted by Gasteiger charge is -2.24. The molecule has 3 N–H and O–H groups in total. The quantitative estimate of drug-likeness (QED) is 0.690. The van der Waals surface area contributed by atoms with Crippen molar-refractivity contribution in [1.82, 2.24) is 0 Å². The van der Waals surface area contributed by atoms with Crippen LogP contribution < -0.4 is 5.73 Å². The fraction of sp³-hybridized carbons (Fsp3) is 0.667. The molecule has 0 aromatic heterocycles. The minimum absolute atomic E-state index is 0.000698. The highest BCUT2D eigenvalue weighted by Gasteiger charge is 2.39. The molecule has 2 unspecified atom stereocenters. The largest absolute Gasteiger partial charge is 0.385 e. The minimum Gasteiger partial charge on any atom is -0.385 e. The molecule has 0 heterocycles. The van der Waals surface area contributed by atoms with E-state index in [2.05, 4.69) is 13.0 Å². The van der Waals surface area contributed by atoms with E-state index < -0.39 is 5.60 Å². The Hall–Kier alpha value is -0.860. The van der Waals surface area contributed by atoms with Crippen LogP contribution in [0, 0.1) is 0 Å². The van der Waals surface area contributed by atoms with Crippen LogP contribution in [-0.4, -0.2) is 5.11 Å². The average molecular weight is 275 g/mol. The molecule has 0 spiro atoms. The molecule has 1 aromatic carbocycles. The standard InChI is InChI=1S/C18H29NO/c1-2-3-4-5-6-7-10-13-18(20)14-17(19)15-11-8-9-12-16(15)18/h8-9,11-12,17,20H,2-7,10,13-14,19H2,1H3. The summed E-state index contributed by atoms with van der Waals surface area (Å²) in [5.41, 5.74) is 7.67. The van der Waals surface area contributed by atoms with Gasteiger partial charge in [0.15, 0.2) is 0 Å². The van der Waals surface area contributed by atoms with E-state index >= 15 is 0 Å². The van der Waals surface area contributed by atoms with Gasteiger partial charge in [-0.3, -0.25) is 0 Å². The molecule has 0 aliphatic heterocycles. The average Bonchev–Trinajstić information content (AvgIpc) is 2.71. The Balaban J connectivity index is 1.78. The molecule has 112 valence electrons. The van der Waals surface area contributed by atoms with Gasteiger partial charge in [0, 0.05) is 6.04 Å². The molecule has 2 heteroatoms. The molecule has 1 aliphatic rings. The van der Waals surface area contributed by atoms with E-state index in [9.17, 15) is 5.11 Å². The summed E-state index contributed by atoms with van der Waals surface area (Å²) in [5, 5.41) is 10.9. The molecule has 20 heavy (non-hydrogen) atoms. The molecule has 0 bridgehead atoms. The molecule has 0 amide bonds. The van der Waals surface area contributed by atoms with Crippen molar-refractivity contribution in [2.24, 2.45) is 5.73 Å². The first kappa shape index (κ1) is 15.5. The van der Waals surface area contributed by atoms with Gasteiger partial charge in [-0.1, -0.05) is 76.1 Å². The van der Waals surface area contributed by atoms with Crippen molar-refractivity contribution >= 4 is 0 Å². The Morgan fingerprint density at radius 1 is 1.10 bits per heavy atom. The Morgan fingerprint density at radius 3 is 2.50 bits per heavy atom. The summed E-state index contributed by atoms with van der Waals surface area (Å²) in [5.74, 6) is 0. The van der Waals surface area contributed by atoms with Crippen LogP contribution in [0.25, 0.3) is 0 Å². The van der Waals surface area contributed by atoms with Gasteiger partial charge >= 0.3 is 0 Å². The lowest BCUT2D eigenvalue weighted by Crippen LogP contribution is -2.23. The normalized spacial score (nSPS) is 24.9. The highest BCUT2D eigenvalue weighted by atomic mass is 16.3. The zero-order valence-electron chi connectivity index (χ0n) is 12.8. The molecule has 0 saturated heterocycles. The summed E-state index contributed by atoms with van der Waals surface area (Å²) >= 11 is 0. The van der Waals surface area contributed by atoms with Gasteiger partial charge in [0.1, 0.15) is 0 Å². The van der Waals surface area contributed by atoms with Crippen LogP contribution in [0.4, 0.5) is 0 Å². The van der Waals surface area contributed by atoms with Gasteiger partial charge in [-0.25, -0.2) is 0 Å². The number of hydrogen-bond acceptors (Lipinski definition) is 2. The van der Waals surface area contributed by atoms with E-state index in [-0.39, 0.29) is 6.04 Å². The smallest absolute Gasteiger partial charge is 0.0917 e. The molecule has 0 fully saturated rings. The summed E-state index contributed by atoms with van der Waals surface area (Å²) in [6.45, 7) is 2.25. The molecule has 1 aromatic rings. The van der Waals surface area contributed by atoms with E-state index in [1.807, 2.05) is 18.2 Å². The second-order valence-corrected chi connectivity index (χ2v) is 6.30. The molecule has 2 atom stereocenters. The van der Waals surface area contributed by atoms with Crippen LogP contribution in [0.1, 0.15) is 81.9 Å². The van der Waals surface area contributed by atoms with Crippen LogP contribution in [0.3, 0.4) is 0 Å². The maximum atomic E-state index is 10.9. The number of hydrogen-bond donors (Lipinski definition) is 2. The van der Waals surface area contributed by atoms with Gasteiger partial charge in [-0.05, 0) is 24.0 Å². The Morgan fingerprint density at radius 2 is 1.75 bits per heavy atom. The minimum atomic E-state index is -0.681. The summed E-state index contributed by atoms with van der Waals surface area (Å²) in [6.07, 6.45) is 10.5. The summed E-state index contributed by atoms with van der Waals surface area (Å²) in [6, 6.07) is 8.12. The fourth-order valence-electron chi connectivity index (χ4n) is 3.44. The number of unbranched alkanes of at least 4 members (excludes halogenated alkanes) is 6. The number of nitrogens with two attached hydrogens (primary N) is 1. The third-order valence-electron chi connectivity index (χ3n) is 4.61. The first-order valence-electron chi connectivity index (χ1n) is 8.25. The molecule has 2 rings (SSSR count). The van der Waals surface area contributed by atoms with E-state index in [1.165, 1.54) is 38.5 Å². The van der Waals surface area contributed by atoms with Crippen LogP contribution in [0.2, 0.25) is 0 Å². The number of aliphatic hydroxyl groups is 1. The topological polar surface area (TPSA) is 46.2 Å². The van der Waals surface area contributed by atoms with E-state index in [0.717, 1.165) is 24.0 Å². The maximum Gasteiger partial charge on any atom is 0.0917 e. The number of rotatable bonds is 8. The summed E-state index contributed by atoms with van der Waals surface area (Å²) < 4.78 is 0. The Bertz CT molecular complexity index is 418. The molecule has 0 saturated carbocycles. The SMILES string of the molecule is CCCCCCCCCC1(O)CC(N)c2ccccc21. The lowest BCUT2D eigenvalue weighted by molar-refractivity contribution is 0.0222.